The molecule has 0 N–H and O–H groups in total. The minimum atomic E-state index is -0.165. The largest absolute Gasteiger partial charge is 0.497 e. The highest BCUT2D eigenvalue weighted by Gasteiger charge is 2.34. The average molecular weight is 457 g/mol. The van der Waals surface area contributed by atoms with Crippen LogP contribution in [0.4, 0.5) is 22.0 Å². The first-order chi connectivity index (χ1) is 13.6. The fraction of sp³-hybridized carbons (Fsp3) is 0.150. The minimum absolute atomic E-state index is 0.165. The molecule has 4 rings (SSSR count). The Morgan fingerprint density at radius 3 is 2.61 bits per heavy atom. The number of anilines is 3. The molecule has 0 spiro atoms. The maximum absolute atomic E-state index is 13.5. The summed E-state index contributed by atoms with van der Waals surface area (Å²) in [6.45, 7) is 0.402. The fourth-order valence-corrected chi connectivity index (χ4v) is 3.77. The van der Waals surface area contributed by atoms with E-state index in [-0.39, 0.29) is 6.03 Å². The second-order valence-corrected chi connectivity index (χ2v) is 7.78. The van der Waals surface area contributed by atoms with Gasteiger partial charge in [-0.2, -0.15) is 0 Å². The van der Waals surface area contributed by atoms with Crippen molar-refractivity contribution in [2.24, 2.45) is 0 Å². The minimum Gasteiger partial charge on any atom is -0.497 e. The topological polar surface area (TPSA) is 58.6 Å². The highest BCUT2D eigenvalue weighted by atomic mass is 79.9. The zero-order valence-electron chi connectivity index (χ0n) is 15.3. The summed E-state index contributed by atoms with van der Waals surface area (Å²) in [5, 5.41) is 0.629. The normalized spacial score (nSPS) is 13.5. The summed E-state index contributed by atoms with van der Waals surface area (Å²) in [6, 6.07) is 14.9. The number of carbonyl (C=O) groups excluding carboxylic acids is 1. The molecule has 1 aliphatic heterocycles. The first-order valence-corrected chi connectivity index (χ1v) is 10.5. The van der Waals surface area contributed by atoms with Crippen LogP contribution in [0.1, 0.15) is 5.56 Å². The van der Waals surface area contributed by atoms with Crippen LogP contribution in [0, 0.1) is 0 Å². The molecule has 2 amide bonds. The number of rotatable bonds is 4. The van der Waals surface area contributed by atoms with Crippen molar-refractivity contribution in [1.82, 2.24) is 9.97 Å². The van der Waals surface area contributed by atoms with Crippen molar-refractivity contribution >= 4 is 50.9 Å². The molecule has 28 heavy (non-hydrogen) atoms. The molecule has 0 fully saturated rings. The van der Waals surface area contributed by atoms with E-state index in [2.05, 4.69) is 25.9 Å². The quantitative estimate of drug-likeness (QED) is 0.396. The summed E-state index contributed by atoms with van der Waals surface area (Å²) in [5.74, 6) is 1.36. The van der Waals surface area contributed by atoms with E-state index in [9.17, 15) is 4.79 Å². The standard InChI is InChI=1S/C20H17BrN4O2S/c1-27-17-8-6-15(7-9-17)24-12-13-11-22-19(28-2)23-18(13)25(20(24)26)16-5-3-4-14(21)10-16/h3-11H,12H2,1-2H3. The number of thioether (sulfide) groups is 1. The summed E-state index contributed by atoms with van der Waals surface area (Å²) >= 11 is 4.94. The van der Waals surface area contributed by atoms with Crippen LogP contribution in [0.15, 0.2) is 64.4 Å². The average Bonchev–Trinajstić information content (AvgIpc) is 2.73. The van der Waals surface area contributed by atoms with Crippen molar-refractivity contribution < 1.29 is 9.53 Å². The van der Waals surface area contributed by atoms with Gasteiger partial charge in [0.25, 0.3) is 0 Å². The van der Waals surface area contributed by atoms with Gasteiger partial charge in [0.15, 0.2) is 11.0 Å². The van der Waals surface area contributed by atoms with Crippen molar-refractivity contribution in [3.05, 3.63) is 64.8 Å². The molecule has 3 aromatic rings. The Labute approximate surface area is 175 Å². The number of methoxy groups -OCH3 is 1. The Morgan fingerprint density at radius 2 is 1.93 bits per heavy atom. The van der Waals surface area contributed by atoms with E-state index in [0.717, 1.165) is 27.2 Å². The van der Waals surface area contributed by atoms with E-state index in [4.69, 9.17) is 4.74 Å². The Balaban J connectivity index is 1.83. The van der Waals surface area contributed by atoms with Crippen molar-refractivity contribution in [1.29, 1.82) is 0 Å². The Bertz CT molecular complexity index is 1030. The van der Waals surface area contributed by atoms with E-state index < -0.39 is 0 Å². The van der Waals surface area contributed by atoms with Gasteiger partial charge in [-0.1, -0.05) is 33.8 Å². The molecule has 0 bridgehead atoms. The lowest BCUT2D eigenvalue weighted by Gasteiger charge is -2.36. The lowest BCUT2D eigenvalue weighted by molar-refractivity contribution is 0.252. The maximum atomic E-state index is 13.5. The maximum Gasteiger partial charge on any atom is 0.335 e. The predicted octanol–water partition coefficient (Wildman–Crippen LogP) is 5.25. The number of nitrogens with zero attached hydrogens (tertiary/aromatic N) is 4. The van der Waals surface area contributed by atoms with E-state index in [1.165, 1.54) is 11.8 Å². The SMILES string of the molecule is COc1ccc(N2Cc3cnc(SC)nc3N(c3cccc(Br)c3)C2=O)cc1. The molecule has 2 aromatic carbocycles. The molecule has 1 aliphatic rings. The van der Waals surface area contributed by atoms with Crippen LogP contribution in [-0.4, -0.2) is 29.4 Å². The van der Waals surface area contributed by atoms with Gasteiger partial charge in [-0.3, -0.25) is 4.90 Å². The third-order valence-corrected chi connectivity index (χ3v) is 5.47. The second kappa shape index (κ2) is 7.81. The molecule has 1 aromatic heterocycles. The van der Waals surface area contributed by atoms with Gasteiger partial charge in [-0.25, -0.2) is 19.7 Å². The van der Waals surface area contributed by atoms with Gasteiger partial charge < -0.3 is 4.74 Å². The number of carbonyl (C=O) groups is 1. The van der Waals surface area contributed by atoms with Crippen molar-refractivity contribution in [3.63, 3.8) is 0 Å². The second-order valence-electron chi connectivity index (χ2n) is 6.09. The van der Waals surface area contributed by atoms with Crippen LogP contribution in [0.5, 0.6) is 5.75 Å². The van der Waals surface area contributed by atoms with Crippen molar-refractivity contribution in [2.75, 3.05) is 23.2 Å². The Hall–Kier alpha value is -2.58. The van der Waals surface area contributed by atoms with E-state index in [0.29, 0.717) is 17.5 Å². The molecule has 0 atom stereocenters. The van der Waals surface area contributed by atoms with Crippen molar-refractivity contribution in [2.45, 2.75) is 11.7 Å². The predicted molar refractivity (Wildman–Crippen MR) is 115 cm³/mol. The first-order valence-electron chi connectivity index (χ1n) is 8.52. The summed E-state index contributed by atoms with van der Waals surface area (Å²) < 4.78 is 6.12. The van der Waals surface area contributed by atoms with E-state index >= 15 is 0 Å². The van der Waals surface area contributed by atoms with Gasteiger partial charge >= 0.3 is 6.03 Å². The number of ether oxygens (including phenoxy) is 1. The van der Waals surface area contributed by atoms with Gasteiger partial charge in [0.2, 0.25) is 0 Å². The first kappa shape index (κ1) is 18.8. The molecular weight excluding hydrogens is 440 g/mol. The van der Waals surface area contributed by atoms with Gasteiger partial charge in [-0.05, 0) is 48.7 Å². The van der Waals surface area contributed by atoms with E-state index in [1.54, 1.807) is 23.1 Å². The molecular formula is C20H17BrN4O2S. The summed E-state index contributed by atoms with van der Waals surface area (Å²) in [5.41, 5.74) is 2.41. The number of fused-ring (bicyclic) bond motifs is 1. The summed E-state index contributed by atoms with van der Waals surface area (Å²) in [4.78, 5) is 25.9. The number of aromatic nitrogens is 2. The van der Waals surface area contributed by atoms with Crippen LogP contribution >= 0.6 is 27.7 Å². The summed E-state index contributed by atoms with van der Waals surface area (Å²) in [6.07, 6.45) is 3.71. The Morgan fingerprint density at radius 1 is 1.14 bits per heavy atom. The van der Waals surface area contributed by atoms with Crippen LogP contribution in [-0.2, 0) is 6.54 Å². The number of urea groups is 1. The molecule has 0 radical (unpaired) electrons. The van der Waals surface area contributed by atoms with Gasteiger partial charge in [0, 0.05) is 21.9 Å². The molecule has 0 saturated heterocycles. The van der Waals surface area contributed by atoms with Crippen LogP contribution in [0.3, 0.4) is 0 Å². The fourth-order valence-electron chi connectivity index (χ4n) is 3.05. The van der Waals surface area contributed by atoms with Gasteiger partial charge in [-0.15, -0.1) is 0 Å². The lowest BCUT2D eigenvalue weighted by atomic mass is 10.1. The lowest BCUT2D eigenvalue weighted by Crippen LogP contribution is -2.45. The molecule has 142 valence electrons. The number of amides is 2. The number of halogens is 1. The van der Waals surface area contributed by atoms with Crippen LogP contribution in [0.2, 0.25) is 0 Å². The van der Waals surface area contributed by atoms with E-state index in [1.807, 2.05) is 54.8 Å². The highest BCUT2D eigenvalue weighted by molar-refractivity contribution is 9.10. The molecule has 0 saturated carbocycles. The zero-order chi connectivity index (χ0) is 19.7. The van der Waals surface area contributed by atoms with Gasteiger partial charge in [0.05, 0.1) is 19.3 Å². The molecule has 0 aliphatic carbocycles. The summed E-state index contributed by atoms with van der Waals surface area (Å²) in [7, 11) is 1.62. The number of hydrogen-bond acceptors (Lipinski definition) is 5. The third-order valence-electron chi connectivity index (χ3n) is 4.42. The molecule has 2 heterocycles. The van der Waals surface area contributed by atoms with Crippen LogP contribution in [0.25, 0.3) is 0 Å². The zero-order valence-corrected chi connectivity index (χ0v) is 17.7. The number of hydrogen-bond donors (Lipinski definition) is 0. The smallest absolute Gasteiger partial charge is 0.335 e. The third kappa shape index (κ3) is 3.45. The van der Waals surface area contributed by atoms with Crippen LogP contribution < -0.4 is 14.5 Å². The highest BCUT2D eigenvalue weighted by Crippen LogP contribution is 2.37. The molecule has 6 nitrogen and oxygen atoms in total. The molecule has 0 unspecified atom stereocenters. The van der Waals surface area contributed by atoms with Gasteiger partial charge in [0.1, 0.15) is 5.75 Å². The monoisotopic (exact) mass is 456 g/mol. The molecule has 8 heteroatoms. The number of benzene rings is 2. The Kier molecular flexibility index (Phi) is 5.23. The van der Waals surface area contributed by atoms with Crippen molar-refractivity contribution in [3.8, 4) is 5.75 Å².